The molecule has 0 atom stereocenters. The van der Waals surface area contributed by atoms with Crippen LogP contribution in [-0.4, -0.2) is 5.78 Å². The van der Waals surface area contributed by atoms with E-state index in [1.54, 1.807) is 25.7 Å². The Kier molecular flexibility index (Phi) is 5.21. The number of carbonyl (C=O) groups excluding carboxylic acids is 1. The molecule has 2 fully saturated rings. The number of hydrogen-bond donors (Lipinski definition) is 0. The number of rotatable bonds is 0. The molecule has 0 radical (unpaired) electrons. The van der Waals surface area contributed by atoms with Gasteiger partial charge in [-0.05, 0) is 25.7 Å². The quantitative estimate of drug-likeness (QED) is 0.573. The van der Waals surface area contributed by atoms with E-state index >= 15 is 0 Å². The predicted molar refractivity (Wildman–Crippen MR) is 60.3 cm³/mol. The molecule has 1 heteroatoms. The van der Waals surface area contributed by atoms with Crippen LogP contribution in [0.4, 0.5) is 0 Å². The zero-order valence-electron chi connectivity index (χ0n) is 9.72. The Bertz CT molecular complexity index is 144. The van der Waals surface area contributed by atoms with Crippen LogP contribution in [0.5, 0.6) is 0 Å². The first kappa shape index (κ1) is 11.7. The van der Waals surface area contributed by atoms with E-state index < -0.39 is 0 Å². The van der Waals surface area contributed by atoms with Crippen LogP contribution in [0.1, 0.15) is 65.2 Å². The molecule has 0 unspecified atom stereocenters. The minimum atomic E-state index is 0.167. The van der Waals surface area contributed by atoms with Crippen LogP contribution in [-0.2, 0) is 4.79 Å². The third-order valence-corrected chi connectivity index (χ3v) is 3.47. The van der Waals surface area contributed by atoms with Crippen molar-refractivity contribution >= 4 is 5.78 Å². The standard InChI is InChI=1S/C10H18.C3H6O/c1-2-6-10-8-4-3-7-9(10)5-1;1-3(2)4/h9-10H,1-8H2;1-2H3. The minimum Gasteiger partial charge on any atom is -0.300 e. The van der Waals surface area contributed by atoms with Crippen LogP contribution in [0.3, 0.4) is 0 Å². The second kappa shape index (κ2) is 6.21. The monoisotopic (exact) mass is 196 g/mol. The van der Waals surface area contributed by atoms with Gasteiger partial charge in [-0.3, -0.25) is 0 Å². The van der Waals surface area contributed by atoms with Crippen molar-refractivity contribution in [2.45, 2.75) is 65.2 Å². The van der Waals surface area contributed by atoms with Crippen molar-refractivity contribution in [1.82, 2.24) is 0 Å². The van der Waals surface area contributed by atoms with E-state index in [2.05, 4.69) is 0 Å². The fraction of sp³-hybridized carbons (Fsp3) is 0.923. The smallest absolute Gasteiger partial charge is 0.126 e. The maximum absolute atomic E-state index is 9.44. The van der Waals surface area contributed by atoms with Crippen molar-refractivity contribution in [2.24, 2.45) is 11.8 Å². The van der Waals surface area contributed by atoms with Gasteiger partial charge < -0.3 is 4.79 Å². The van der Waals surface area contributed by atoms with Gasteiger partial charge in [-0.2, -0.15) is 0 Å². The summed E-state index contributed by atoms with van der Waals surface area (Å²) in [5.41, 5.74) is 0. The maximum Gasteiger partial charge on any atom is 0.126 e. The third kappa shape index (κ3) is 4.26. The van der Waals surface area contributed by atoms with Crippen molar-refractivity contribution < 1.29 is 4.79 Å². The molecule has 1 nitrogen and oxygen atoms in total. The highest BCUT2D eigenvalue weighted by Gasteiger charge is 2.26. The lowest BCUT2D eigenvalue weighted by molar-refractivity contribution is -0.114. The summed E-state index contributed by atoms with van der Waals surface area (Å²) in [7, 11) is 0. The SMILES string of the molecule is C1CCC2CCCCC2C1.CC(C)=O. The van der Waals surface area contributed by atoms with Crippen molar-refractivity contribution in [3.05, 3.63) is 0 Å². The second-order valence-electron chi connectivity index (χ2n) is 5.00. The highest BCUT2D eigenvalue weighted by molar-refractivity contribution is 5.72. The molecule has 0 aromatic carbocycles. The Balaban J connectivity index is 0.000000213. The van der Waals surface area contributed by atoms with Gasteiger partial charge in [-0.25, -0.2) is 0 Å². The molecule has 0 aromatic heterocycles. The van der Waals surface area contributed by atoms with E-state index in [9.17, 15) is 4.79 Å². The van der Waals surface area contributed by atoms with E-state index in [-0.39, 0.29) is 5.78 Å². The van der Waals surface area contributed by atoms with Crippen molar-refractivity contribution in [2.75, 3.05) is 0 Å². The third-order valence-electron chi connectivity index (χ3n) is 3.47. The average molecular weight is 196 g/mol. The first-order valence-corrected chi connectivity index (χ1v) is 6.17. The lowest BCUT2D eigenvalue weighted by Crippen LogP contribution is -2.22. The van der Waals surface area contributed by atoms with E-state index in [4.69, 9.17) is 0 Å². The summed E-state index contributed by atoms with van der Waals surface area (Å²) < 4.78 is 0. The number of hydrogen-bond acceptors (Lipinski definition) is 1. The molecule has 2 saturated carbocycles. The summed E-state index contributed by atoms with van der Waals surface area (Å²) in [4.78, 5) is 9.44. The maximum atomic E-state index is 9.44. The average Bonchev–Trinajstić information content (AvgIpc) is 2.17. The molecule has 0 heterocycles. The normalized spacial score (nSPS) is 31.0. The molecule has 0 aliphatic heterocycles. The fourth-order valence-corrected chi connectivity index (χ4v) is 2.86. The zero-order valence-corrected chi connectivity index (χ0v) is 9.72. The Morgan fingerprint density at radius 2 is 1.00 bits per heavy atom. The van der Waals surface area contributed by atoms with Crippen LogP contribution in [0.25, 0.3) is 0 Å². The van der Waals surface area contributed by atoms with Gasteiger partial charge in [0.25, 0.3) is 0 Å². The van der Waals surface area contributed by atoms with E-state index in [1.807, 2.05) is 0 Å². The Morgan fingerprint density at radius 3 is 1.21 bits per heavy atom. The van der Waals surface area contributed by atoms with Gasteiger partial charge in [0.05, 0.1) is 0 Å². The van der Waals surface area contributed by atoms with Crippen molar-refractivity contribution in [3.8, 4) is 0 Å². The molecule has 14 heavy (non-hydrogen) atoms. The highest BCUT2D eigenvalue weighted by atomic mass is 16.1. The Hall–Kier alpha value is -0.330. The van der Waals surface area contributed by atoms with E-state index in [0.717, 1.165) is 11.8 Å². The summed E-state index contributed by atoms with van der Waals surface area (Å²) in [5.74, 6) is 2.48. The lowest BCUT2D eigenvalue weighted by Gasteiger charge is -2.35. The van der Waals surface area contributed by atoms with Crippen LogP contribution in [0.15, 0.2) is 0 Å². The molecule has 2 aliphatic carbocycles. The largest absolute Gasteiger partial charge is 0.300 e. The summed E-state index contributed by atoms with van der Waals surface area (Å²) in [5, 5.41) is 0. The molecule has 0 N–H and O–H groups in total. The van der Waals surface area contributed by atoms with Crippen LogP contribution < -0.4 is 0 Å². The molecule has 0 spiro atoms. The van der Waals surface area contributed by atoms with Gasteiger partial charge in [0.1, 0.15) is 5.78 Å². The first-order chi connectivity index (χ1) is 6.70. The highest BCUT2D eigenvalue weighted by Crippen LogP contribution is 2.39. The van der Waals surface area contributed by atoms with Crippen molar-refractivity contribution in [1.29, 1.82) is 0 Å². The minimum absolute atomic E-state index is 0.167. The molecule has 0 saturated heterocycles. The Morgan fingerprint density at radius 1 is 0.786 bits per heavy atom. The fourth-order valence-electron chi connectivity index (χ4n) is 2.86. The number of fused-ring (bicyclic) bond motifs is 1. The summed E-state index contributed by atoms with van der Waals surface area (Å²) in [6.45, 7) is 3.06. The lowest BCUT2D eigenvalue weighted by atomic mass is 9.71. The van der Waals surface area contributed by atoms with Crippen LogP contribution >= 0.6 is 0 Å². The molecular weight excluding hydrogens is 172 g/mol. The number of carbonyl (C=O) groups is 1. The Labute approximate surface area is 88.3 Å². The predicted octanol–water partition coefficient (Wildman–Crippen LogP) is 3.96. The topological polar surface area (TPSA) is 17.1 Å². The molecule has 0 bridgehead atoms. The number of ketones is 1. The van der Waals surface area contributed by atoms with Crippen molar-refractivity contribution in [3.63, 3.8) is 0 Å². The van der Waals surface area contributed by atoms with E-state index in [0.29, 0.717) is 0 Å². The number of Topliss-reactive ketones (excluding diaryl/α,β-unsaturated/α-hetero) is 1. The van der Waals surface area contributed by atoms with Gasteiger partial charge in [-0.15, -0.1) is 0 Å². The van der Waals surface area contributed by atoms with Gasteiger partial charge in [0.15, 0.2) is 0 Å². The summed E-state index contributed by atoms with van der Waals surface area (Å²) in [6.07, 6.45) is 12.4. The molecule has 2 rings (SSSR count). The molecule has 82 valence electrons. The zero-order chi connectivity index (χ0) is 10.4. The van der Waals surface area contributed by atoms with Crippen LogP contribution in [0, 0.1) is 11.8 Å². The van der Waals surface area contributed by atoms with Crippen LogP contribution in [0.2, 0.25) is 0 Å². The van der Waals surface area contributed by atoms with Gasteiger partial charge in [0.2, 0.25) is 0 Å². The van der Waals surface area contributed by atoms with Gasteiger partial charge in [0, 0.05) is 0 Å². The van der Waals surface area contributed by atoms with E-state index in [1.165, 1.54) is 39.5 Å². The second-order valence-corrected chi connectivity index (χ2v) is 5.00. The molecule has 0 amide bonds. The molecule has 2 aliphatic rings. The van der Waals surface area contributed by atoms with Gasteiger partial charge >= 0.3 is 0 Å². The molecular formula is C13H24O. The molecule has 0 aromatic rings. The first-order valence-electron chi connectivity index (χ1n) is 6.17. The summed E-state index contributed by atoms with van der Waals surface area (Å²) in [6, 6.07) is 0. The summed E-state index contributed by atoms with van der Waals surface area (Å²) >= 11 is 0. The van der Waals surface area contributed by atoms with Gasteiger partial charge in [-0.1, -0.05) is 51.4 Å².